The van der Waals surface area contributed by atoms with Gasteiger partial charge in [0.25, 0.3) is 0 Å². The summed E-state index contributed by atoms with van der Waals surface area (Å²) in [7, 11) is 0. The second-order valence-electron chi connectivity index (χ2n) is 17.1. The van der Waals surface area contributed by atoms with E-state index in [-0.39, 0.29) is 28.6 Å². The van der Waals surface area contributed by atoms with Crippen LogP contribution >= 0.6 is 15.9 Å². The van der Waals surface area contributed by atoms with Gasteiger partial charge < -0.3 is 35.3 Å². The van der Waals surface area contributed by atoms with Crippen molar-refractivity contribution in [3.05, 3.63) is 67.5 Å². The summed E-state index contributed by atoms with van der Waals surface area (Å²) in [5, 5.41) is 7.18. The molecule has 3 saturated heterocycles. The first-order valence-corrected chi connectivity index (χ1v) is 24.1. The van der Waals surface area contributed by atoms with Gasteiger partial charge >= 0.3 is 0 Å². The molecule has 3 fully saturated rings. The minimum absolute atomic E-state index is 0.0228. The smallest absolute Gasteiger partial charge is 0.236 e. The van der Waals surface area contributed by atoms with Crippen molar-refractivity contribution in [2.75, 3.05) is 83.9 Å². The van der Waals surface area contributed by atoms with E-state index in [0.717, 1.165) is 146 Å². The molecular formula is C45H72BrN9O5. The topological polar surface area (TPSA) is 157 Å². The molecule has 4 N–H and O–H groups in total. The van der Waals surface area contributed by atoms with Crippen LogP contribution in [0.3, 0.4) is 0 Å². The Morgan fingerprint density at radius 3 is 1.18 bits per heavy atom. The molecule has 5 aliphatic heterocycles. The molecule has 0 radical (unpaired) electrons. The molecule has 15 heteroatoms. The molecule has 0 saturated carbocycles. The van der Waals surface area contributed by atoms with Gasteiger partial charge in [-0.1, -0.05) is 28.8 Å². The number of nitrogens with one attached hydrogen (secondary N) is 4. The third kappa shape index (κ3) is 17.5. The van der Waals surface area contributed by atoms with Crippen LogP contribution in [-0.4, -0.2) is 136 Å². The van der Waals surface area contributed by atoms with Gasteiger partial charge in [-0.3, -0.25) is 33.8 Å². The van der Waals surface area contributed by atoms with Crippen LogP contribution in [0.15, 0.2) is 33.9 Å². The molecule has 4 bridgehead atoms. The fourth-order valence-electron chi connectivity index (χ4n) is 8.67. The van der Waals surface area contributed by atoms with Crippen LogP contribution < -0.4 is 21.5 Å². The van der Waals surface area contributed by atoms with Crippen LogP contribution in [0.25, 0.3) is 0 Å². The van der Waals surface area contributed by atoms with Crippen LogP contribution in [0, 0.1) is 0 Å². The molecule has 0 atom stereocenters. The van der Waals surface area contributed by atoms with Crippen LogP contribution in [0.2, 0.25) is 0 Å². The van der Waals surface area contributed by atoms with Crippen molar-refractivity contribution >= 4 is 33.7 Å². The van der Waals surface area contributed by atoms with E-state index in [0.29, 0.717) is 31.5 Å². The summed E-state index contributed by atoms with van der Waals surface area (Å²) in [4.78, 5) is 77.7. The Bertz CT molecular complexity index is 1620. The molecule has 2 aromatic heterocycles. The van der Waals surface area contributed by atoms with Gasteiger partial charge in [0, 0.05) is 112 Å². The summed E-state index contributed by atoms with van der Waals surface area (Å²) < 4.78 is 0. The van der Waals surface area contributed by atoms with Gasteiger partial charge in [0.15, 0.2) is 10.9 Å². The van der Waals surface area contributed by atoms with Gasteiger partial charge in [0.2, 0.25) is 17.7 Å². The minimum Gasteiger partial charge on any atom is -0.360 e. The lowest BCUT2D eigenvalue weighted by molar-refractivity contribution is -0.134. The van der Waals surface area contributed by atoms with Crippen molar-refractivity contribution in [2.24, 2.45) is 0 Å². The Labute approximate surface area is 365 Å². The predicted octanol–water partition coefficient (Wildman–Crippen LogP) is 4.32. The number of piperidine rings is 3. The maximum Gasteiger partial charge on any atom is 0.236 e. The molecule has 7 heterocycles. The number of pyridine rings is 2. The number of H-pyrrole nitrogens is 2. The number of aromatic nitrogens is 2. The summed E-state index contributed by atoms with van der Waals surface area (Å²) in [6.07, 6.45) is 17.2. The number of alkyl halides is 1. The third-order valence-electron chi connectivity index (χ3n) is 11.9. The number of aromatic amines is 2. The fourth-order valence-corrected chi connectivity index (χ4v) is 9.02. The van der Waals surface area contributed by atoms with E-state index in [1.54, 1.807) is 24.3 Å². The van der Waals surface area contributed by atoms with Gasteiger partial charge in [0.05, 0.1) is 18.4 Å². The number of amides is 3. The summed E-state index contributed by atoms with van der Waals surface area (Å²) in [5.74, 6) is 0.639. The fraction of sp³-hybridized carbons (Fsp3) is 0.711. The molecule has 2 aromatic rings. The Morgan fingerprint density at radius 1 is 0.450 bits per heavy atom. The highest BCUT2D eigenvalue weighted by Crippen LogP contribution is 2.15. The first-order valence-electron chi connectivity index (χ1n) is 23.0. The number of hydrogen-bond donors (Lipinski definition) is 4. The Morgan fingerprint density at radius 2 is 0.783 bits per heavy atom. The molecule has 0 aromatic carbocycles. The Balaban J connectivity index is 0.000000214. The van der Waals surface area contributed by atoms with Gasteiger partial charge in [-0.25, -0.2) is 0 Å². The number of fused-ring (bicyclic) bond motifs is 4. The zero-order chi connectivity index (χ0) is 42.4. The standard InChI is InChI=1S/C26H41N5O3.C12H19N3O.C7H12BrNO/c32-24-16-22-18-28(20-25(33)30-12-6-2-7-13-30)10-4-1-5-11-29(19-23(17-24)27-22)21-26(34)31-14-8-3-9-15-31;16-12-6-10-8-13-4-2-1-3-5-14-9-11(7-12)15-10;8-6-7(10)9-4-2-1-3-5-9/h16-17H,1-15,18-21H2,(H,27,32);6-7,13-14H,1-5,8-9H2,(H,15,16);1-6H2. The summed E-state index contributed by atoms with van der Waals surface area (Å²) in [5.41, 5.74) is 3.71. The maximum absolute atomic E-state index is 12.9. The zero-order valence-corrected chi connectivity index (χ0v) is 37.7. The first kappa shape index (κ1) is 47.7. The molecule has 0 aliphatic carbocycles. The average molecular weight is 899 g/mol. The molecule has 5 aliphatic rings. The second kappa shape index (κ2) is 26.9. The summed E-state index contributed by atoms with van der Waals surface area (Å²) >= 11 is 3.16. The molecule has 7 rings (SSSR count). The third-order valence-corrected chi connectivity index (χ3v) is 12.4. The van der Waals surface area contributed by atoms with Gasteiger partial charge in [-0.2, -0.15) is 0 Å². The molecule has 60 heavy (non-hydrogen) atoms. The van der Waals surface area contributed by atoms with E-state index in [4.69, 9.17) is 0 Å². The number of rotatable bonds is 5. The highest BCUT2D eigenvalue weighted by Gasteiger charge is 2.23. The van der Waals surface area contributed by atoms with E-state index in [1.807, 2.05) is 14.7 Å². The molecule has 0 unspecified atom stereocenters. The largest absolute Gasteiger partial charge is 0.360 e. The van der Waals surface area contributed by atoms with Crippen molar-refractivity contribution in [2.45, 2.75) is 122 Å². The Kier molecular flexibility index (Phi) is 21.3. The van der Waals surface area contributed by atoms with Crippen LogP contribution in [0.4, 0.5) is 0 Å². The number of carbonyl (C=O) groups excluding carboxylic acids is 3. The molecule has 3 amide bonds. The second-order valence-corrected chi connectivity index (χ2v) is 17.6. The zero-order valence-electron chi connectivity index (χ0n) is 36.1. The highest BCUT2D eigenvalue weighted by atomic mass is 79.9. The number of carbonyl (C=O) groups is 3. The van der Waals surface area contributed by atoms with Crippen molar-refractivity contribution in [3.8, 4) is 0 Å². The number of halogens is 1. The molecule has 0 spiro atoms. The Hall–Kier alpha value is -3.37. The van der Waals surface area contributed by atoms with E-state index in [9.17, 15) is 24.0 Å². The monoisotopic (exact) mass is 897 g/mol. The van der Waals surface area contributed by atoms with Crippen molar-refractivity contribution < 1.29 is 14.4 Å². The van der Waals surface area contributed by atoms with Crippen molar-refractivity contribution in [1.29, 1.82) is 0 Å². The van der Waals surface area contributed by atoms with Crippen molar-refractivity contribution in [1.82, 2.24) is 45.1 Å². The summed E-state index contributed by atoms with van der Waals surface area (Å²) in [6, 6.07) is 6.64. The molecule has 14 nitrogen and oxygen atoms in total. The minimum atomic E-state index is -0.0228. The maximum atomic E-state index is 12.9. The van der Waals surface area contributed by atoms with Crippen LogP contribution in [0.5, 0.6) is 0 Å². The average Bonchev–Trinajstić information content (AvgIpc) is 3.25. The molecule has 334 valence electrons. The van der Waals surface area contributed by atoms with E-state index in [1.165, 1.54) is 51.4 Å². The summed E-state index contributed by atoms with van der Waals surface area (Å²) in [6.45, 7) is 12.5. The number of nitrogens with zero attached hydrogens (tertiary/aromatic N) is 5. The van der Waals surface area contributed by atoms with E-state index < -0.39 is 0 Å². The van der Waals surface area contributed by atoms with E-state index >= 15 is 0 Å². The van der Waals surface area contributed by atoms with Crippen LogP contribution in [0.1, 0.15) is 119 Å². The normalized spacial score (nSPS) is 20.3. The van der Waals surface area contributed by atoms with Gasteiger partial charge in [-0.05, 0) is 110 Å². The number of hydrogen-bond acceptors (Lipinski definition) is 9. The lowest BCUT2D eigenvalue weighted by Crippen LogP contribution is -2.43. The lowest BCUT2D eigenvalue weighted by Gasteiger charge is -2.31. The van der Waals surface area contributed by atoms with E-state index in [2.05, 4.69) is 46.3 Å². The van der Waals surface area contributed by atoms with Crippen molar-refractivity contribution in [3.63, 3.8) is 0 Å². The van der Waals surface area contributed by atoms with Crippen LogP contribution in [-0.2, 0) is 40.6 Å². The first-order chi connectivity index (χ1) is 29.2. The quantitative estimate of drug-likeness (QED) is 0.321. The number of likely N-dealkylation sites (tertiary alicyclic amines) is 3. The molecular weight excluding hydrogens is 826 g/mol. The predicted molar refractivity (Wildman–Crippen MR) is 241 cm³/mol. The highest BCUT2D eigenvalue weighted by molar-refractivity contribution is 9.09. The van der Waals surface area contributed by atoms with Gasteiger partial charge in [-0.15, -0.1) is 0 Å². The SMILES string of the molecule is O=C(CBr)N1CCCCC1.O=C(CN1CCCCCN(CC(=O)N2CCCCC2)Cc2cc(=O)cc([nH]2)C1)N1CCCCC1.O=c1cc2[nH]c(c1)CNCCCCCNC2. The lowest BCUT2D eigenvalue weighted by atomic mass is 10.1. The van der Waals surface area contributed by atoms with Gasteiger partial charge in [0.1, 0.15) is 0 Å².